The van der Waals surface area contributed by atoms with Gasteiger partial charge in [0.1, 0.15) is 24.2 Å². The summed E-state index contributed by atoms with van der Waals surface area (Å²) in [6.45, 7) is 3.77. The van der Waals surface area contributed by atoms with Gasteiger partial charge >= 0.3 is 0 Å². The molecule has 0 spiro atoms. The van der Waals surface area contributed by atoms with Crippen LogP contribution in [-0.4, -0.2) is 52.7 Å². The highest BCUT2D eigenvalue weighted by molar-refractivity contribution is 6.08. The quantitative estimate of drug-likeness (QED) is 0.0784. The molecule has 3 atom stereocenters. The Morgan fingerprint density at radius 2 is 1.88 bits per heavy atom. The lowest BCUT2D eigenvalue weighted by molar-refractivity contribution is -0.851. The third-order valence-corrected chi connectivity index (χ3v) is 9.27. The molecule has 0 aliphatic carbocycles. The van der Waals surface area contributed by atoms with E-state index in [0.29, 0.717) is 44.7 Å². The highest BCUT2D eigenvalue weighted by atomic mass is 16.5. The number of aromatic hydroxyl groups is 1. The molecule has 3 aromatic rings. The van der Waals surface area contributed by atoms with E-state index in [0.717, 1.165) is 76.2 Å². The van der Waals surface area contributed by atoms with Crippen molar-refractivity contribution in [3.8, 4) is 11.5 Å². The summed E-state index contributed by atoms with van der Waals surface area (Å²) in [7, 11) is 0. The molecular formula is C40H51N4O5+. The molecule has 2 heterocycles. The Kier molecular flexibility index (Phi) is 13.3. The van der Waals surface area contributed by atoms with Crippen molar-refractivity contribution in [3.63, 3.8) is 0 Å². The molecule has 7 N–H and O–H groups in total. The average molecular weight is 668 g/mol. The SMILES string of the molecule is CCCCCC(O)CC(=O)CCc1ccc(O)c(OC[NH+]2C=C3C(Cc4cc(C(N)NCCc5ccccc5)ccc4CO)=CN=C3C2)c1. The van der Waals surface area contributed by atoms with E-state index >= 15 is 0 Å². The summed E-state index contributed by atoms with van der Waals surface area (Å²) in [5.74, 6) is 0.471. The molecule has 0 fully saturated rings. The molecule has 3 unspecified atom stereocenters. The molecule has 2 aliphatic heterocycles. The topological polar surface area (TPSA) is 142 Å². The fourth-order valence-electron chi connectivity index (χ4n) is 6.38. The van der Waals surface area contributed by atoms with Crippen LogP contribution in [0.5, 0.6) is 11.5 Å². The van der Waals surface area contributed by atoms with Gasteiger partial charge in [-0.05, 0) is 64.8 Å². The molecular weight excluding hydrogens is 616 g/mol. The number of allylic oxidation sites excluding steroid dienone is 1. The number of unbranched alkanes of at least 4 members (excludes halogenated alkanes) is 2. The van der Waals surface area contributed by atoms with Crippen LogP contribution in [-0.2, 0) is 30.7 Å². The van der Waals surface area contributed by atoms with Gasteiger partial charge < -0.3 is 25.8 Å². The largest absolute Gasteiger partial charge is 0.504 e. The van der Waals surface area contributed by atoms with E-state index in [-0.39, 0.29) is 30.7 Å². The second-order valence-corrected chi connectivity index (χ2v) is 13.1. The minimum atomic E-state index is -0.576. The van der Waals surface area contributed by atoms with Crippen LogP contribution >= 0.6 is 0 Å². The van der Waals surface area contributed by atoms with Crippen LogP contribution in [0.25, 0.3) is 0 Å². The third-order valence-electron chi connectivity index (χ3n) is 9.27. The van der Waals surface area contributed by atoms with Gasteiger partial charge in [-0.3, -0.25) is 20.0 Å². The fourth-order valence-corrected chi connectivity index (χ4v) is 6.38. The number of carbonyl (C=O) groups is 1. The smallest absolute Gasteiger partial charge is 0.227 e. The first-order valence-electron chi connectivity index (χ1n) is 17.6. The third kappa shape index (κ3) is 10.4. The molecule has 2 aliphatic rings. The van der Waals surface area contributed by atoms with E-state index in [1.165, 1.54) is 5.56 Å². The summed E-state index contributed by atoms with van der Waals surface area (Å²) >= 11 is 0. The maximum Gasteiger partial charge on any atom is 0.227 e. The monoisotopic (exact) mass is 667 g/mol. The number of aliphatic hydroxyl groups is 2. The number of hydrogen-bond acceptors (Lipinski definition) is 8. The van der Waals surface area contributed by atoms with Crippen LogP contribution < -0.4 is 20.7 Å². The lowest BCUT2D eigenvalue weighted by Crippen LogP contribution is -3.07. The summed E-state index contributed by atoms with van der Waals surface area (Å²) in [6, 6.07) is 21.5. The number of nitrogens with one attached hydrogen (secondary N) is 2. The van der Waals surface area contributed by atoms with Gasteiger partial charge in [-0.15, -0.1) is 0 Å². The number of benzene rings is 3. The molecule has 0 radical (unpaired) electrons. The molecule has 0 aromatic heterocycles. The molecule has 0 amide bonds. The van der Waals surface area contributed by atoms with Crippen LogP contribution in [0.1, 0.15) is 79.4 Å². The van der Waals surface area contributed by atoms with Gasteiger partial charge in [0, 0.05) is 32.0 Å². The summed E-state index contributed by atoms with van der Waals surface area (Å²) in [5.41, 5.74) is 14.7. The standard InChI is InChI=1S/C40H50N4O5/c1-2-3-5-10-34(46)22-35(47)15-11-29-12-16-38(48)39(19-29)49-27-44-24-36-33(23-43-37(36)25-44)21-32-20-30(13-14-31(32)26-45)40(41)42-18-17-28-8-6-4-7-9-28/h4,6-9,12-14,16,19-20,23-24,34,40,42,45-46,48H,2-3,5,10-11,15,17-18,21-22,25-27,41H2,1H3/p+1. The number of aryl methyl sites for hydroxylation is 1. The second kappa shape index (κ2) is 18.0. The average Bonchev–Trinajstić information content (AvgIpc) is 3.69. The maximum atomic E-state index is 12.4. The maximum absolute atomic E-state index is 12.4. The molecule has 0 bridgehead atoms. The predicted molar refractivity (Wildman–Crippen MR) is 192 cm³/mol. The Morgan fingerprint density at radius 3 is 2.67 bits per heavy atom. The fraction of sp³-hybridized carbons (Fsp3) is 0.400. The number of rotatable bonds is 20. The van der Waals surface area contributed by atoms with Gasteiger partial charge in [-0.25, -0.2) is 0 Å². The van der Waals surface area contributed by atoms with Crippen LogP contribution in [0, 0.1) is 0 Å². The second-order valence-electron chi connectivity index (χ2n) is 13.1. The number of hydrogen-bond donors (Lipinski definition) is 6. The van der Waals surface area contributed by atoms with E-state index in [4.69, 9.17) is 10.5 Å². The van der Waals surface area contributed by atoms with Crippen LogP contribution in [0.4, 0.5) is 0 Å². The summed E-state index contributed by atoms with van der Waals surface area (Å²) in [6.07, 6.45) is 9.41. The highest BCUT2D eigenvalue weighted by Crippen LogP contribution is 2.29. The van der Waals surface area contributed by atoms with Gasteiger partial charge in [0.15, 0.2) is 11.5 Å². The van der Waals surface area contributed by atoms with E-state index in [1.54, 1.807) is 18.2 Å². The van der Waals surface area contributed by atoms with E-state index in [2.05, 4.69) is 41.6 Å². The number of fused-ring (bicyclic) bond motifs is 1. The number of quaternary nitrogens is 1. The van der Waals surface area contributed by atoms with Gasteiger partial charge in [0.05, 0.1) is 24.4 Å². The van der Waals surface area contributed by atoms with Crippen molar-refractivity contribution in [2.45, 2.75) is 83.6 Å². The first kappa shape index (κ1) is 36.2. The zero-order chi connectivity index (χ0) is 34.6. The molecule has 5 rings (SSSR count). The Balaban J connectivity index is 1.13. The van der Waals surface area contributed by atoms with Crippen molar-refractivity contribution >= 4 is 11.5 Å². The van der Waals surface area contributed by atoms with Gasteiger partial charge in [0.25, 0.3) is 0 Å². The number of Topliss-reactive ketones (excluding diaryl/α,β-unsaturated/α-hetero) is 1. The van der Waals surface area contributed by atoms with Crippen molar-refractivity contribution in [3.05, 3.63) is 118 Å². The zero-order valence-corrected chi connectivity index (χ0v) is 28.5. The Labute approximate surface area is 289 Å². The van der Waals surface area contributed by atoms with Crippen LogP contribution in [0.3, 0.4) is 0 Å². The van der Waals surface area contributed by atoms with E-state index < -0.39 is 6.10 Å². The number of aliphatic hydroxyl groups excluding tert-OH is 2. The van der Waals surface area contributed by atoms with Gasteiger partial charge in [-0.2, -0.15) is 0 Å². The van der Waals surface area contributed by atoms with Crippen molar-refractivity contribution in [1.82, 2.24) is 5.32 Å². The Morgan fingerprint density at radius 1 is 1.04 bits per heavy atom. The Bertz CT molecular complexity index is 1650. The van der Waals surface area contributed by atoms with Crippen molar-refractivity contribution in [2.24, 2.45) is 10.7 Å². The minimum absolute atomic E-state index is 0.0417. The van der Waals surface area contributed by atoms with E-state index in [1.807, 2.05) is 36.5 Å². The molecule has 0 saturated carbocycles. The van der Waals surface area contributed by atoms with Crippen molar-refractivity contribution in [1.29, 1.82) is 0 Å². The summed E-state index contributed by atoms with van der Waals surface area (Å²) < 4.78 is 6.06. The number of aliphatic imine (C=N–C) groups is 1. The normalized spacial score (nSPS) is 16.5. The molecule has 0 saturated heterocycles. The number of phenolic OH excluding ortho intramolecular Hbond substituents is 1. The van der Waals surface area contributed by atoms with Gasteiger partial charge in [-0.1, -0.05) is 80.8 Å². The lowest BCUT2D eigenvalue weighted by atomic mass is 9.94. The first-order valence-corrected chi connectivity index (χ1v) is 17.6. The molecule has 3 aromatic carbocycles. The van der Waals surface area contributed by atoms with Crippen LogP contribution in [0.15, 0.2) is 95.3 Å². The summed E-state index contributed by atoms with van der Waals surface area (Å²) in [4.78, 5) is 18.2. The number of carbonyl (C=O) groups excluding carboxylic acids is 1. The number of ketones is 1. The van der Waals surface area contributed by atoms with E-state index in [9.17, 15) is 20.1 Å². The molecule has 9 heteroatoms. The molecule has 260 valence electrons. The molecule has 49 heavy (non-hydrogen) atoms. The van der Waals surface area contributed by atoms with Crippen LogP contribution in [0.2, 0.25) is 0 Å². The molecule has 9 nitrogen and oxygen atoms in total. The zero-order valence-electron chi connectivity index (χ0n) is 28.5. The predicted octanol–water partition coefficient (Wildman–Crippen LogP) is 4.21. The Hall–Kier alpha value is -4.12. The minimum Gasteiger partial charge on any atom is -0.504 e. The first-order chi connectivity index (χ1) is 23.8. The summed E-state index contributed by atoms with van der Waals surface area (Å²) in [5, 5.41) is 34.1. The number of nitrogens with two attached hydrogens (primary N) is 1. The van der Waals surface area contributed by atoms with Crippen molar-refractivity contribution < 1.29 is 29.8 Å². The number of nitrogens with zero attached hydrogens (tertiary/aromatic N) is 1. The number of ether oxygens (including phenoxy) is 1. The number of phenols is 1. The van der Waals surface area contributed by atoms with Crippen molar-refractivity contribution in [2.75, 3.05) is 19.8 Å². The highest BCUT2D eigenvalue weighted by Gasteiger charge is 2.31. The lowest BCUT2D eigenvalue weighted by Gasteiger charge is -2.17. The van der Waals surface area contributed by atoms with Gasteiger partial charge in [0.2, 0.25) is 6.73 Å².